The van der Waals surface area contributed by atoms with Crippen LogP contribution in [0.3, 0.4) is 0 Å². The first-order chi connectivity index (χ1) is 12.2. The molecule has 2 aromatic carbocycles. The average molecular weight is 334 g/mol. The first-order valence-corrected chi connectivity index (χ1v) is 8.34. The Bertz CT molecular complexity index is 806. The highest BCUT2D eigenvalue weighted by Crippen LogP contribution is 2.27. The monoisotopic (exact) mass is 334 g/mol. The first-order valence-electron chi connectivity index (χ1n) is 8.34. The topological polar surface area (TPSA) is 59.1 Å². The Morgan fingerprint density at radius 2 is 1.72 bits per heavy atom. The van der Waals surface area contributed by atoms with E-state index in [2.05, 4.69) is 32.7 Å². The van der Waals surface area contributed by atoms with E-state index in [9.17, 15) is 0 Å². The lowest BCUT2D eigenvalue weighted by molar-refractivity contribution is 0.244. The van der Waals surface area contributed by atoms with Gasteiger partial charge in [-0.2, -0.15) is 4.98 Å². The van der Waals surface area contributed by atoms with Gasteiger partial charge in [0.2, 0.25) is 5.95 Å². The summed E-state index contributed by atoms with van der Waals surface area (Å²) in [5.41, 5.74) is 2.06. The Hall–Kier alpha value is -3.08. The first kappa shape index (κ1) is 16.8. The Morgan fingerprint density at radius 1 is 0.960 bits per heavy atom. The number of aromatic nitrogens is 2. The molecule has 0 radical (unpaired) electrons. The van der Waals surface area contributed by atoms with E-state index in [0.29, 0.717) is 18.3 Å². The largest absolute Gasteiger partial charge is 0.489 e. The van der Waals surface area contributed by atoms with E-state index in [-0.39, 0.29) is 6.10 Å². The van der Waals surface area contributed by atoms with Crippen LogP contribution in [-0.2, 0) is 6.54 Å². The summed E-state index contributed by atoms with van der Waals surface area (Å²) in [6, 6.07) is 19.8. The van der Waals surface area contributed by atoms with Crippen LogP contribution in [0.25, 0.3) is 0 Å². The van der Waals surface area contributed by atoms with Crippen LogP contribution in [0.2, 0.25) is 0 Å². The minimum atomic E-state index is 0.108. The highest BCUT2D eigenvalue weighted by atomic mass is 16.5. The number of anilines is 3. The number of para-hydroxylation sites is 2. The fraction of sp³-hybridized carbons (Fsp3) is 0.200. The SMILES string of the molecule is CC(C)Oc1ccccc1Nc1ccnc(NCc2ccccc2)n1. The molecule has 3 rings (SSSR count). The van der Waals surface area contributed by atoms with E-state index >= 15 is 0 Å². The Balaban J connectivity index is 1.70. The Kier molecular flexibility index (Phi) is 5.46. The molecule has 25 heavy (non-hydrogen) atoms. The van der Waals surface area contributed by atoms with E-state index < -0.39 is 0 Å². The van der Waals surface area contributed by atoms with E-state index in [1.165, 1.54) is 5.56 Å². The van der Waals surface area contributed by atoms with Gasteiger partial charge in [-0.15, -0.1) is 0 Å². The van der Waals surface area contributed by atoms with Crippen LogP contribution in [0, 0.1) is 0 Å². The fourth-order valence-corrected chi connectivity index (χ4v) is 2.36. The second kappa shape index (κ2) is 8.15. The highest BCUT2D eigenvalue weighted by molar-refractivity contribution is 5.64. The van der Waals surface area contributed by atoms with Gasteiger partial charge in [-0.1, -0.05) is 42.5 Å². The highest BCUT2D eigenvalue weighted by Gasteiger charge is 2.07. The quantitative estimate of drug-likeness (QED) is 0.660. The van der Waals surface area contributed by atoms with Gasteiger partial charge in [-0.25, -0.2) is 4.98 Å². The number of rotatable bonds is 7. The molecule has 0 amide bonds. The van der Waals surface area contributed by atoms with Gasteiger partial charge >= 0.3 is 0 Å². The van der Waals surface area contributed by atoms with Gasteiger partial charge in [0, 0.05) is 12.7 Å². The third-order valence-corrected chi connectivity index (χ3v) is 3.46. The minimum absolute atomic E-state index is 0.108. The number of hydrogen-bond donors (Lipinski definition) is 2. The second-order valence-corrected chi connectivity index (χ2v) is 5.89. The molecule has 2 N–H and O–H groups in total. The van der Waals surface area contributed by atoms with Crippen LogP contribution in [0.15, 0.2) is 66.9 Å². The maximum absolute atomic E-state index is 5.83. The molecule has 0 saturated carbocycles. The zero-order valence-electron chi connectivity index (χ0n) is 14.4. The van der Waals surface area contributed by atoms with Gasteiger partial charge in [0.1, 0.15) is 11.6 Å². The number of nitrogens with zero attached hydrogens (tertiary/aromatic N) is 2. The van der Waals surface area contributed by atoms with E-state index in [0.717, 1.165) is 11.4 Å². The molecule has 0 aliphatic rings. The minimum Gasteiger partial charge on any atom is -0.489 e. The predicted octanol–water partition coefficient (Wildman–Crippen LogP) is 4.62. The molecule has 5 nitrogen and oxygen atoms in total. The lowest BCUT2D eigenvalue weighted by Gasteiger charge is -2.15. The number of benzene rings is 2. The molecule has 0 aliphatic carbocycles. The van der Waals surface area contributed by atoms with Gasteiger partial charge in [0.05, 0.1) is 11.8 Å². The van der Waals surface area contributed by atoms with Gasteiger partial charge in [0.15, 0.2) is 0 Å². The molecule has 128 valence electrons. The molecule has 0 unspecified atom stereocenters. The summed E-state index contributed by atoms with van der Waals surface area (Å²) in [5, 5.41) is 6.54. The van der Waals surface area contributed by atoms with Crippen molar-refractivity contribution in [2.75, 3.05) is 10.6 Å². The molecule has 0 spiro atoms. The van der Waals surface area contributed by atoms with Crippen molar-refractivity contribution in [2.24, 2.45) is 0 Å². The second-order valence-electron chi connectivity index (χ2n) is 5.89. The molecule has 0 bridgehead atoms. The summed E-state index contributed by atoms with van der Waals surface area (Å²) in [4.78, 5) is 8.79. The molecule has 1 heterocycles. The van der Waals surface area contributed by atoms with Crippen LogP contribution < -0.4 is 15.4 Å². The summed E-state index contributed by atoms with van der Waals surface area (Å²) in [7, 11) is 0. The van der Waals surface area contributed by atoms with Crippen molar-refractivity contribution < 1.29 is 4.74 Å². The van der Waals surface area contributed by atoms with Crippen LogP contribution in [-0.4, -0.2) is 16.1 Å². The van der Waals surface area contributed by atoms with Crippen LogP contribution in [0.5, 0.6) is 5.75 Å². The van der Waals surface area contributed by atoms with Gasteiger partial charge < -0.3 is 15.4 Å². The van der Waals surface area contributed by atoms with Crippen molar-refractivity contribution in [3.05, 3.63) is 72.4 Å². The van der Waals surface area contributed by atoms with Crippen molar-refractivity contribution in [2.45, 2.75) is 26.5 Å². The van der Waals surface area contributed by atoms with Crippen LogP contribution in [0.4, 0.5) is 17.5 Å². The molecular weight excluding hydrogens is 312 g/mol. The molecule has 0 atom stereocenters. The van der Waals surface area contributed by atoms with Crippen molar-refractivity contribution in [1.29, 1.82) is 0 Å². The maximum atomic E-state index is 5.83. The zero-order chi connectivity index (χ0) is 17.5. The molecule has 0 saturated heterocycles. The summed E-state index contributed by atoms with van der Waals surface area (Å²) < 4.78 is 5.83. The molecule has 1 aromatic heterocycles. The number of hydrogen-bond acceptors (Lipinski definition) is 5. The van der Waals surface area contributed by atoms with Crippen molar-refractivity contribution in [3.63, 3.8) is 0 Å². The van der Waals surface area contributed by atoms with E-state index in [1.54, 1.807) is 6.20 Å². The van der Waals surface area contributed by atoms with Crippen molar-refractivity contribution in [1.82, 2.24) is 9.97 Å². The molecule has 0 aliphatic heterocycles. The summed E-state index contributed by atoms with van der Waals surface area (Å²) >= 11 is 0. The summed E-state index contributed by atoms with van der Waals surface area (Å²) in [6.07, 6.45) is 1.84. The lowest BCUT2D eigenvalue weighted by atomic mass is 10.2. The van der Waals surface area contributed by atoms with Crippen LogP contribution in [0.1, 0.15) is 19.4 Å². The standard InChI is InChI=1S/C20H22N4O/c1-15(2)25-18-11-7-6-10-17(18)23-19-12-13-21-20(24-19)22-14-16-8-4-3-5-9-16/h3-13,15H,14H2,1-2H3,(H2,21,22,23,24). The van der Waals surface area contributed by atoms with Gasteiger partial charge in [-0.3, -0.25) is 0 Å². The van der Waals surface area contributed by atoms with E-state index in [4.69, 9.17) is 4.74 Å². The fourth-order valence-electron chi connectivity index (χ4n) is 2.36. The summed E-state index contributed by atoms with van der Waals surface area (Å²) in [5.74, 6) is 2.09. The Morgan fingerprint density at radius 3 is 2.52 bits per heavy atom. The Labute approximate surface area is 148 Å². The molecule has 3 aromatic rings. The summed E-state index contributed by atoms with van der Waals surface area (Å²) in [6.45, 7) is 4.69. The zero-order valence-corrected chi connectivity index (χ0v) is 14.4. The van der Waals surface area contributed by atoms with Crippen molar-refractivity contribution in [3.8, 4) is 5.75 Å². The third-order valence-electron chi connectivity index (χ3n) is 3.46. The molecule has 5 heteroatoms. The predicted molar refractivity (Wildman–Crippen MR) is 101 cm³/mol. The van der Waals surface area contributed by atoms with Gasteiger partial charge in [0.25, 0.3) is 0 Å². The van der Waals surface area contributed by atoms with Gasteiger partial charge in [-0.05, 0) is 37.6 Å². The average Bonchev–Trinajstić information content (AvgIpc) is 2.62. The maximum Gasteiger partial charge on any atom is 0.224 e. The molecule has 0 fully saturated rings. The van der Waals surface area contributed by atoms with Crippen molar-refractivity contribution >= 4 is 17.5 Å². The van der Waals surface area contributed by atoms with Crippen LogP contribution >= 0.6 is 0 Å². The normalized spacial score (nSPS) is 10.5. The van der Waals surface area contributed by atoms with E-state index in [1.807, 2.05) is 62.4 Å². The lowest BCUT2D eigenvalue weighted by Crippen LogP contribution is -2.08. The molecular formula is C20H22N4O. The number of ether oxygens (including phenoxy) is 1. The third kappa shape index (κ3) is 4.94. The smallest absolute Gasteiger partial charge is 0.224 e. The number of nitrogens with one attached hydrogen (secondary N) is 2.